The number of benzene rings is 3. The lowest BCUT2D eigenvalue weighted by Crippen LogP contribution is -2.26. The van der Waals surface area contributed by atoms with Crippen LogP contribution in [0.4, 0.5) is 5.69 Å². The summed E-state index contributed by atoms with van der Waals surface area (Å²) in [6.07, 6.45) is -1.11. The highest BCUT2D eigenvalue weighted by atomic mass is 16.5. The van der Waals surface area contributed by atoms with Crippen LogP contribution in [0.2, 0.25) is 0 Å². The van der Waals surface area contributed by atoms with Gasteiger partial charge in [-0.05, 0) is 12.1 Å². The molecule has 1 atom stereocenters. The Labute approximate surface area is 163 Å². The lowest BCUT2D eigenvalue weighted by Gasteiger charge is -2.18. The van der Waals surface area contributed by atoms with Crippen molar-refractivity contribution >= 4 is 23.3 Å². The summed E-state index contributed by atoms with van der Waals surface area (Å²) in [5.74, 6) is -1.31. The molecule has 0 aliphatic heterocycles. The molecule has 0 aliphatic rings. The van der Waals surface area contributed by atoms with E-state index in [1.807, 2.05) is 6.07 Å². The standard InChI is InChI=1S/C23H19NO4/c1-16(25)28-22(18-12-6-3-7-13-18)23(27)24-20-15-9-8-14-19(20)21(26)17-10-4-2-5-11-17/h2-15,22H,1H3,(H,24,27)/t22-/m1/s1. The van der Waals surface area contributed by atoms with Gasteiger partial charge in [0.05, 0.1) is 5.69 Å². The molecule has 3 rings (SSSR count). The van der Waals surface area contributed by atoms with Crippen LogP contribution in [0.3, 0.4) is 0 Å². The number of carbonyl (C=O) groups is 3. The molecule has 0 saturated carbocycles. The van der Waals surface area contributed by atoms with Crippen molar-refractivity contribution in [2.45, 2.75) is 13.0 Å². The fraction of sp³-hybridized carbons (Fsp3) is 0.0870. The molecule has 0 saturated heterocycles. The Morgan fingerprint density at radius 3 is 2.00 bits per heavy atom. The second-order valence-electron chi connectivity index (χ2n) is 6.13. The summed E-state index contributed by atoms with van der Waals surface area (Å²) in [5, 5.41) is 2.73. The molecule has 1 N–H and O–H groups in total. The molecule has 0 radical (unpaired) electrons. The number of carbonyl (C=O) groups excluding carboxylic acids is 3. The van der Waals surface area contributed by atoms with Gasteiger partial charge in [0.1, 0.15) is 0 Å². The molecule has 28 heavy (non-hydrogen) atoms. The van der Waals surface area contributed by atoms with Gasteiger partial charge in [-0.25, -0.2) is 0 Å². The number of nitrogens with one attached hydrogen (secondary N) is 1. The van der Waals surface area contributed by atoms with Crippen LogP contribution in [0.15, 0.2) is 84.9 Å². The van der Waals surface area contributed by atoms with E-state index in [0.29, 0.717) is 22.4 Å². The highest BCUT2D eigenvalue weighted by molar-refractivity contribution is 6.14. The summed E-state index contributed by atoms with van der Waals surface area (Å²) in [7, 11) is 0. The normalized spacial score (nSPS) is 11.3. The van der Waals surface area contributed by atoms with Crippen LogP contribution in [-0.4, -0.2) is 17.7 Å². The van der Waals surface area contributed by atoms with Crippen LogP contribution in [-0.2, 0) is 14.3 Å². The minimum atomic E-state index is -1.11. The van der Waals surface area contributed by atoms with Crippen LogP contribution in [0.1, 0.15) is 34.5 Å². The Bertz CT molecular complexity index is 984. The van der Waals surface area contributed by atoms with Crippen molar-refractivity contribution in [1.29, 1.82) is 0 Å². The molecule has 0 heterocycles. The number of hydrogen-bond acceptors (Lipinski definition) is 4. The number of esters is 1. The summed E-state index contributed by atoms with van der Waals surface area (Å²) in [4.78, 5) is 37.2. The smallest absolute Gasteiger partial charge is 0.303 e. The molecular weight excluding hydrogens is 354 g/mol. The first-order chi connectivity index (χ1) is 13.6. The van der Waals surface area contributed by atoms with E-state index < -0.39 is 18.0 Å². The van der Waals surface area contributed by atoms with Crippen LogP contribution in [0, 0.1) is 0 Å². The first-order valence-electron chi connectivity index (χ1n) is 8.78. The van der Waals surface area contributed by atoms with Crippen LogP contribution in [0.5, 0.6) is 0 Å². The number of hydrogen-bond donors (Lipinski definition) is 1. The summed E-state index contributed by atoms with van der Waals surface area (Å²) in [6.45, 7) is 1.25. The molecule has 0 spiro atoms. The molecule has 0 bridgehead atoms. The van der Waals surface area contributed by atoms with Crippen molar-refractivity contribution in [1.82, 2.24) is 0 Å². The molecule has 140 valence electrons. The predicted molar refractivity (Wildman–Crippen MR) is 106 cm³/mol. The minimum Gasteiger partial charge on any atom is -0.447 e. The van der Waals surface area contributed by atoms with E-state index in [1.165, 1.54) is 6.92 Å². The Hall–Kier alpha value is -3.73. The summed E-state index contributed by atoms with van der Waals surface area (Å²) >= 11 is 0. The fourth-order valence-corrected chi connectivity index (χ4v) is 2.80. The van der Waals surface area contributed by atoms with Crippen LogP contribution >= 0.6 is 0 Å². The molecule has 3 aromatic rings. The second kappa shape index (κ2) is 8.77. The molecule has 5 nitrogen and oxygen atoms in total. The number of ether oxygens (including phenoxy) is 1. The molecule has 3 aromatic carbocycles. The first kappa shape index (κ1) is 19.0. The summed E-state index contributed by atoms with van der Waals surface area (Å²) in [5.41, 5.74) is 1.77. The van der Waals surface area contributed by atoms with E-state index in [9.17, 15) is 14.4 Å². The topological polar surface area (TPSA) is 72.5 Å². The largest absolute Gasteiger partial charge is 0.447 e. The predicted octanol–water partition coefficient (Wildman–Crippen LogP) is 4.16. The van der Waals surface area contributed by atoms with Gasteiger partial charge in [0.2, 0.25) is 6.10 Å². The monoisotopic (exact) mass is 373 g/mol. The third-order valence-electron chi connectivity index (χ3n) is 4.09. The molecule has 0 fully saturated rings. The van der Waals surface area contributed by atoms with Gasteiger partial charge in [-0.2, -0.15) is 0 Å². The Kier molecular flexibility index (Phi) is 5.97. The maximum Gasteiger partial charge on any atom is 0.303 e. The quantitative estimate of drug-likeness (QED) is 0.520. The Morgan fingerprint density at radius 1 is 0.786 bits per heavy atom. The van der Waals surface area contributed by atoms with E-state index >= 15 is 0 Å². The van der Waals surface area contributed by atoms with Crippen molar-refractivity contribution in [2.24, 2.45) is 0 Å². The average Bonchev–Trinajstić information content (AvgIpc) is 2.73. The van der Waals surface area contributed by atoms with Gasteiger partial charge in [0.15, 0.2) is 5.78 Å². The molecule has 0 unspecified atom stereocenters. The minimum absolute atomic E-state index is 0.208. The number of rotatable bonds is 6. The number of amides is 1. The molecule has 0 aliphatic carbocycles. The van der Waals surface area contributed by atoms with E-state index in [-0.39, 0.29) is 5.78 Å². The lowest BCUT2D eigenvalue weighted by molar-refractivity contribution is -0.152. The molecule has 0 aromatic heterocycles. The van der Waals surface area contributed by atoms with Gasteiger partial charge >= 0.3 is 5.97 Å². The van der Waals surface area contributed by atoms with Crippen LogP contribution < -0.4 is 5.32 Å². The van der Waals surface area contributed by atoms with Crippen molar-refractivity contribution in [3.63, 3.8) is 0 Å². The second-order valence-corrected chi connectivity index (χ2v) is 6.13. The SMILES string of the molecule is CC(=O)O[C@@H](C(=O)Nc1ccccc1C(=O)c1ccccc1)c1ccccc1. The van der Waals surface area contributed by atoms with Gasteiger partial charge in [-0.15, -0.1) is 0 Å². The van der Waals surface area contributed by atoms with Crippen LogP contribution in [0.25, 0.3) is 0 Å². The number of para-hydroxylation sites is 1. The third-order valence-corrected chi connectivity index (χ3v) is 4.09. The zero-order valence-electron chi connectivity index (χ0n) is 15.3. The van der Waals surface area contributed by atoms with Crippen molar-refractivity contribution in [2.75, 3.05) is 5.32 Å². The lowest BCUT2D eigenvalue weighted by atomic mass is 10.0. The summed E-state index contributed by atoms with van der Waals surface area (Å²) < 4.78 is 5.22. The molecule has 5 heteroatoms. The number of ketones is 1. The molecular formula is C23H19NO4. The van der Waals surface area contributed by atoms with Gasteiger partial charge < -0.3 is 10.1 Å². The van der Waals surface area contributed by atoms with Gasteiger partial charge in [-0.1, -0.05) is 72.8 Å². The van der Waals surface area contributed by atoms with E-state index in [1.54, 1.807) is 78.9 Å². The third kappa shape index (κ3) is 4.51. The zero-order chi connectivity index (χ0) is 19.9. The maximum absolute atomic E-state index is 12.9. The fourth-order valence-electron chi connectivity index (χ4n) is 2.80. The van der Waals surface area contributed by atoms with Gasteiger partial charge in [0.25, 0.3) is 5.91 Å². The average molecular weight is 373 g/mol. The maximum atomic E-state index is 12.9. The van der Waals surface area contributed by atoms with Crippen molar-refractivity contribution < 1.29 is 19.1 Å². The van der Waals surface area contributed by atoms with Crippen molar-refractivity contribution in [3.05, 3.63) is 102 Å². The summed E-state index contributed by atoms with van der Waals surface area (Å²) in [6, 6.07) is 24.3. The number of anilines is 1. The van der Waals surface area contributed by atoms with E-state index in [4.69, 9.17) is 4.74 Å². The van der Waals surface area contributed by atoms with E-state index in [2.05, 4.69) is 5.32 Å². The Morgan fingerprint density at radius 2 is 1.36 bits per heavy atom. The van der Waals surface area contributed by atoms with Crippen molar-refractivity contribution in [3.8, 4) is 0 Å². The van der Waals surface area contributed by atoms with Gasteiger partial charge in [0, 0.05) is 23.6 Å². The van der Waals surface area contributed by atoms with E-state index in [0.717, 1.165) is 0 Å². The Balaban J connectivity index is 1.89. The molecule has 1 amide bonds. The highest BCUT2D eigenvalue weighted by Crippen LogP contribution is 2.23. The van der Waals surface area contributed by atoms with Gasteiger partial charge in [-0.3, -0.25) is 14.4 Å². The highest BCUT2D eigenvalue weighted by Gasteiger charge is 2.25. The first-order valence-corrected chi connectivity index (χ1v) is 8.78. The zero-order valence-corrected chi connectivity index (χ0v) is 15.3.